The predicted molar refractivity (Wildman–Crippen MR) is 87.0 cm³/mol. The highest BCUT2D eigenvalue weighted by molar-refractivity contribution is 6.31. The van der Waals surface area contributed by atoms with Crippen molar-refractivity contribution in [3.63, 3.8) is 0 Å². The van der Waals surface area contributed by atoms with Crippen molar-refractivity contribution in [2.45, 2.75) is 19.6 Å². The topological polar surface area (TPSA) is 69.9 Å². The summed E-state index contributed by atoms with van der Waals surface area (Å²) in [6.07, 6.45) is -3.80. The van der Waals surface area contributed by atoms with Crippen molar-refractivity contribution in [1.82, 2.24) is 19.5 Å². The SMILES string of the molecule is COC(=O)c1ccc2nc(C)n(Cc3ncc(C(F)(F)F)cc3Cl)c2n1. The molecule has 0 N–H and O–H groups in total. The lowest BCUT2D eigenvalue weighted by Gasteiger charge is -2.11. The molecule has 3 aromatic heterocycles. The Balaban J connectivity index is 2.03. The van der Waals surface area contributed by atoms with Gasteiger partial charge in [0.05, 0.1) is 29.9 Å². The number of fused-ring (bicyclic) bond motifs is 1. The molecule has 136 valence electrons. The Morgan fingerprint density at radius 1 is 1.31 bits per heavy atom. The number of carbonyl (C=O) groups is 1. The Morgan fingerprint density at radius 2 is 2.04 bits per heavy atom. The van der Waals surface area contributed by atoms with E-state index in [0.717, 1.165) is 12.3 Å². The molecule has 6 nitrogen and oxygen atoms in total. The summed E-state index contributed by atoms with van der Waals surface area (Å²) in [7, 11) is 1.24. The maximum absolute atomic E-state index is 12.7. The first-order chi connectivity index (χ1) is 12.2. The number of nitrogens with zero attached hydrogens (tertiary/aromatic N) is 4. The first kappa shape index (κ1) is 18.1. The average Bonchev–Trinajstić information content (AvgIpc) is 2.89. The number of hydrogen-bond acceptors (Lipinski definition) is 5. The lowest BCUT2D eigenvalue weighted by Crippen LogP contribution is -2.10. The zero-order valence-electron chi connectivity index (χ0n) is 13.6. The van der Waals surface area contributed by atoms with Gasteiger partial charge in [0.1, 0.15) is 11.3 Å². The number of hydrogen-bond donors (Lipinski definition) is 0. The molecule has 0 amide bonds. The van der Waals surface area contributed by atoms with E-state index in [2.05, 4.69) is 19.7 Å². The molecule has 0 radical (unpaired) electrons. The molecule has 0 atom stereocenters. The number of carbonyl (C=O) groups excluding carboxylic acids is 1. The van der Waals surface area contributed by atoms with Gasteiger partial charge in [-0.3, -0.25) is 4.98 Å². The second-order valence-electron chi connectivity index (χ2n) is 5.43. The molecule has 3 rings (SSSR count). The average molecular weight is 385 g/mol. The Bertz CT molecular complexity index is 1000. The van der Waals surface area contributed by atoms with Crippen LogP contribution in [0.2, 0.25) is 5.02 Å². The Labute approximate surface area is 150 Å². The number of aryl methyl sites for hydroxylation is 1. The number of aromatic nitrogens is 4. The van der Waals surface area contributed by atoms with Crippen LogP contribution < -0.4 is 0 Å². The summed E-state index contributed by atoms with van der Waals surface area (Å²) >= 11 is 5.97. The lowest BCUT2D eigenvalue weighted by atomic mass is 10.2. The van der Waals surface area contributed by atoms with Crippen LogP contribution in [0.1, 0.15) is 27.6 Å². The molecule has 0 saturated heterocycles. The van der Waals surface area contributed by atoms with Gasteiger partial charge >= 0.3 is 12.1 Å². The highest BCUT2D eigenvalue weighted by Crippen LogP contribution is 2.31. The second kappa shape index (κ2) is 6.56. The van der Waals surface area contributed by atoms with E-state index in [1.165, 1.54) is 13.2 Å². The first-order valence-electron chi connectivity index (χ1n) is 7.34. The lowest BCUT2D eigenvalue weighted by molar-refractivity contribution is -0.137. The van der Waals surface area contributed by atoms with Gasteiger partial charge in [0.25, 0.3) is 0 Å². The fourth-order valence-electron chi connectivity index (χ4n) is 2.41. The molecule has 0 fully saturated rings. The summed E-state index contributed by atoms with van der Waals surface area (Å²) in [4.78, 5) is 24.0. The highest BCUT2D eigenvalue weighted by atomic mass is 35.5. The van der Waals surface area contributed by atoms with Crippen LogP contribution in [0.15, 0.2) is 24.4 Å². The molecule has 26 heavy (non-hydrogen) atoms. The molecule has 10 heteroatoms. The van der Waals surface area contributed by atoms with Crippen LogP contribution in [0, 0.1) is 6.92 Å². The summed E-state index contributed by atoms with van der Waals surface area (Å²) in [6.45, 7) is 1.76. The van der Waals surface area contributed by atoms with Crippen molar-refractivity contribution in [2.75, 3.05) is 7.11 Å². The molecular weight excluding hydrogens is 373 g/mol. The zero-order valence-corrected chi connectivity index (χ0v) is 14.4. The number of rotatable bonds is 3. The zero-order chi connectivity index (χ0) is 19.1. The van der Waals surface area contributed by atoms with E-state index in [1.54, 1.807) is 17.6 Å². The highest BCUT2D eigenvalue weighted by Gasteiger charge is 2.31. The molecule has 3 heterocycles. The fourth-order valence-corrected chi connectivity index (χ4v) is 2.64. The maximum Gasteiger partial charge on any atom is 0.417 e. The molecule has 0 aliphatic heterocycles. The number of methoxy groups -OCH3 is 1. The largest absolute Gasteiger partial charge is 0.464 e. The van der Waals surface area contributed by atoms with Crippen molar-refractivity contribution >= 4 is 28.7 Å². The Kier molecular flexibility index (Phi) is 4.57. The molecule has 0 bridgehead atoms. The standard InChI is InChI=1S/C16H12ClF3N4O2/c1-8-22-11-3-4-12(15(25)26-2)23-14(11)24(8)7-13-10(17)5-9(6-21-13)16(18,19)20/h3-6H,7H2,1-2H3. The minimum Gasteiger partial charge on any atom is -0.464 e. The summed E-state index contributed by atoms with van der Waals surface area (Å²) in [5.41, 5.74) is 0.297. The summed E-state index contributed by atoms with van der Waals surface area (Å²) in [5.74, 6) is -0.0599. The monoisotopic (exact) mass is 384 g/mol. The predicted octanol–water partition coefficient (Wildman–Crippen LogP) is 3.64. The maximum atomic E-state index is 12.7. The van der Waals surface area contributed by atoms with Gasteiger partial charge in [-0.05, 0) is 25.1 Å². The molecule has 0 unspecified atom stereocenters. The Hall–Kier alpha value is -2.68. The van der Waals surface area contributed by atoms with E-state index in [-0.39, 0.29) is 23.0 Å². The number of halogens is 4. The smallest absolute Gasteiger partial charge is 0.417 e. The van der Waals surface area contributed by atoms with E-state index < -0.39 is 17.7 Å². The third-order valence-corrected chi connectivity index (χ3v) is 4.06. The number of ether oxygens (including phenoxy) is 1. The van der Waals surface area contributed by atoms with Crippen molar-refractivity contribution in [3.8, 4) is 0 Å². The summed E-state index contributed by atoms with van der Waals surface area (Å²) < 4.78 is 44.5. The van der Waals surface area contributed by atoms with Crippen molar-refractivity contribution < 1.29 is 22.7 Å². The number of pyridine rings is 2. The van der Waals surface area contributed by atoms with E-state index in [9.17, 15) is 18.0 Å². The van der Waals surface area contributed by atoms with Gasteiger partial charge in [0, 0.05) is 6.20 Å². The van der Waals surface area contributed by atoms with Crippen molar-refractivity contribution in [3.05, 3.63) is 52.2 Å². The van der Waals surface area contributed by atoms with Gasteiger partial charge in [-0.2, -0.15) is 13.2 Å². The third kappa shape index (κ3) is 3.34. The third-order valence-electron chi connectivity index (χ3n) is 3.73. The van der Waals surface area contributed by atoms with Crippen LogP contribution in [0.25, 0.3) is 11.2 Å². The van der Waals surface area contributed by atoms with Gasteiger partial charge in [-0.25, -0.2) is 14.8 Å². The normalized spacial score (nSPS) is 11.8. The first-order valence-corrected chi connectivity index (χ1v) is 7.72. The van der Waals surface area contributed by atoms with Crippen LogP contribution >= 0.6 is 11.6 Å². The molecule has 0 saturated carbocycles. The van der Waals surface area contributed by atoms with Crippen LogP contribution in [0.4, 0.5) is 13.2 Å². The van der Waals surface area contributed by atoms with Crippen LogP contribution in [0.5, 0.6) is 0 Å². The molecule has 3 aromatic rings. The van der Waals surface area contributed by atoms with Crippen molar-refractivity contribution in [1.29, 1.82) is 0 Å². The fraction of sp³-hybridized carbons (Fsp3) is 0.250. The van der Waals surface area contributed by atoms with Gasteiger partial charge < -0.3 is 9.30 Å². The van der Waals surface area contributed by atoms with Gasteiger partial charge in [0.2, 0.25) is 0 Å². The molecule has 0 aliphatic rings. The van der Waals surface area contributed by atoms with Crippen LogP contribution in [0.3, 0.4) is 0 Å². The van der Waals surface area contributed by atoms with Crippen LogP contribution in [-0.4, -0.2) is 32.6 Å². The van der Waals surface area contributed by atoms with Gasteiger partial charge in [-0.1, -0.05) is 11.6 Å². The molecule has 0 aromatic carbocycles. The summed E-state index contributed by atoms with van der Waals surface area (Å²) in [6, 6.07) is 3.92. The number of alkyl halides is 3. The second-order valence-corrected chi connectivity index (χ2v) is 5.83. The van der Waals surface area contributed by atoms with E-state index >= 15 is 0 Å². The quantitative estimate of drug-likeness (QED) is 0.645. The summed E-state index contributed by atoms with van der Waals surface area (Å²) in [5, 5.41) is -0.120. The van der Waals surface area contributed by atoms with E-state index in [4.69, 9.17) is 11.6 Å². The molecule has 0 aliphatic carbocycles. The number of imidazole rings is 1. The van der Waals surface area contributed by atoms with E-state index in [1.807, 2.05) is 0 Å². The minimum atomic E-state index is -4.52. The van der Waals surface area contributed by atoms with E-state index in [0.29, 0.717) is 17.0 Å². The van der Waals surface area contributed by atoms with Gasteiger partial charge in [0.15, 0.2) is 11.3 Å². The van der Waals surface area contributed by atoms with Crippen molar-refractivity contribution in [2.24, 2.45) is 0 Å². The van der Waals surface area contributed by atoms with Crippen LogP contribution in [-0.2, 0) is 17.5 Å². The minimum absolute atomic E-state index is 0.0525. The van der Waals surface area contributed by atoms with Gasteiger partial charge in [-0.15, -0.1) is 0 Å². The Morgan fingerprint density at radius 3 is 2.65 bits per heavy atom. The molecule has 0 spiro atoms. The molecular formula is C16H12ClF3N4O2. The number of esters is 1.